The van der Waals surface area contributed by atoms with Crippen molar-refractivity contribution in [2.24, 2.45) is 5.92 Å². The number of rotatable bonds is 15. The number of Topliss-reactive ketones (excluding diaryl/α,β-unsaturated/α-hetero) is 1. The van der Waals surface area contributed by atoms with E-state index in [2.05, 4.69) is 20.7 Å². The number of amides is 2. The van der Waals surface area contributed by atoms with Gasteiger partial charge in [0.2, 0.25) is 17.6 Å². The van der Waals surface area contributed by atoms with Crippen molar-refractivity contribution in [1.82, 2.24) is 16.0 Å². The molecular formula is C24H30F5N3O4. The van der Waals surface area contributed by atoms with Crippen molar-refractivity contribution in [3.63, 3.8) is 0 Å². The van der Waals surface area contributed by atoms with E-state index in [1.54, 1.807) is 0 Å². The number of hydrogen-bond donors (Lipinski definition) is 3. The second-order valence-corrected chi connectivity index (χ2v) is 9.42. The highest BCUT2D eigenvalue weighted by molar-refractivity contribution is 6.38. The third-order valence-electron chi connectivity index (χ3n) is 5.92. The summed E-state index contributed by atoms with van der Waals surface area (Å²) in [7, 11) is 0. The molecule has 0 saturated heterocycles. The van der Waals surface area contributed by atoms with Gasteiger partial charge in [0.15, 0.2) is 0 Å². The molecule has 3 N–H and O–H groups in total. The zero-order chi connectivity index (χ0) is 26.5. The Kier molecular flexibility index (Phi) is 8.91. The van der Waals surface area contributed by atoms with E-state index in [9.17, 15) is 36.3 Å². The van der Waals surface area contributed by atoms with Crippen LogP contribution in [0.25, 0.3) is 0 Å². The summed E-state index contributed by atoms with van der Waals surface area (Å²) >= 11 is 0. The molecule has 0 bridgehead atoms. The lowest BCUT2D eigenvalue weighted by molar-refractivity contribution is -0.174. The molecule has 2 amide bonds. The second kappa shape index (κ2) is 11.5. The lowest BCUT2D eigenvalue weighted by Gasteiger charge is -2.27. The number of ketones is 1. The summed E-state index contributed by atoms with van der Waals surface area (Å²) in [6, 6.07) is 0.573. The van der Waals surface area contributed by atoms with Crippen molar-refractivity contribution in [3.05, 3.63) is 30.1 Å². The Hall–Kier alpha value is -2.76. The Morgan fingerprint density at radius 1 is 1.03 bits per heavy atom. The van der Waals surface area contributed by atoms with E-state index >= 15 is 0 Å². The number of benzene rings is 1. The maximum absolute atomic E-state index is 14.6. The molecule has 0 spiro atoms. The highest BCUT2D eigenvalue weighted by atomic mass is 19.3. The molecule has 2 atom stereocenters. The van der Waals surface area contributed by atoms with Crippen LogP contribution in [0, 0.1) is 11.7 Å². The molecule has 0 radical (unpaired) electrons. The Morgan fingerprint density at radius 3 is 2.22 bits per heavy atom. The number of ether oxygens (including phenoxy) is 1. The van der Waals surface area contributed by atoms with Gasteiger partial charge in [0.25, 0.3) is 5.91 Å². The van der Waals surface area contributed by atoms with Crippen LogP contribution in [-0.4, -0.2) is 54.3 Å². The maximum Gasteiger partial charge on any atom is 0.410 e. The van der Waals surface area contributed by atoms with Gasteiger partial charge in [0, 0.05) is 18.9 Å². The predicted octanol–water partition coefficient (Wildman–Crippen LogP) is 3.32. The van der Waals surface area contributed by atoms with Crippen LogP contribution in [0.2, 0.25) is 0 Å². The van der Waals surface area contributed by atoms with E-state index in [0.717, 1.165) is 37.1 Å². The Bertz CT molecular complexity index is 936. The largest absolute Gasteiger partial charge is 0.432 e. The minimum absolute atomic E-state index is 0.00230. The van der Waals surface area contributed by atoms with Crippen LogP contribution in [-0.2, 0) is 14.4 Å². The highest BCUT2D eigenvalue weighted by Gasteiger charge is 2.43. The first-order valence-corrected chi connectivity index (χ1v) is 12.0. The van der Waals surface area contributed by atoms with Crippen molar-refractivity contribution in [2.45, 2.75) is 82.0 Å². The number of carbonyl (C=O) groups excluding carboxylic acids is 3. The van der Waals surface area contributed by atoms with E-state index in [0.29, 0.717) is 12.8 Å². The summed E-state index contributed by atoms with van der Waals surface area (Å²) in [5, 5.41) is 6.88. The molecule has 0 heterocycles. The summed E-state index contributed by atoms with van der Waals surface area (Å²) < 4.78 is 75.4. The Balaban J connectivity index is 1.65. The van der Waals surface area contributed by atoms with Crippen molar-refractivity contribution >= 4 is 17.6 Å². The average Bonchev–Trinajstić information content (AvgIpc) is 3.73. The van der Waals surface area contributed by atoms with Gasteiger partial charge >= 0.3 is 6.11 Å². The van der Waals surface area contributed by atoms with Gasteiger partial charge in [-0.05, 0) is 62.3 Å². The minimum Gasteiger partial charge on any atom is -0.432 e. The summed E-state index contributed by atoms with van der Waals surface area (Å²) in [5.41, 5.74) is 0. The number of nitrogens with one attached hydrogen (secondary N) is 3. The van der Waals surface area contributed by atoms with Gasteiger partial charge in [-0.1, -0.05) is 6.92 Å². The SMILES string of the molecule is CCC(NC(=O)C(CC(F)(F)CC1CC1)NCC(F)(F)Oc1ccc(F)cc1)C(=O)C(=O)NC1CC1. The fraction of sp³-hybridized carbons (Fsp3) is 0.625. The first-order chi connectivity index (χ1) is 16.9. The van der Waals surface area contributed by atoms with Gasteiger partial charge in [0.1, 0.15) is 18.1 Å². The molecule has 1 aromatic rings. The zero-order valence-corrected chi connectivity index (χ0v) is 19.8. The van der Waals surface area contributed by atoms with Crippen LogP contribution in [0.3, 0.4) is 0 Å². The van der Waals surface area contributed by atoms with Gasteiger partial charge in [-0.2, -0.15) is 8.78 Å². The van der Waals surface area contributed by atoms with Crippen molar-refractivity contribution in [1.29, 1.82) is 0 Å². The van der Waals surface area contributed by atoms with E-state index in [4.69, 9.17) is 0 Å². The number of alkyl halides is 4. The average molecular weight is 520 g/mol. The molecule has 2 saturated carbocycles. The molecule has 2 aliphatic carbocycles. The van der Waals surface area contributed by atoms with Gasteiger partial charge in [-0.25, -0.2) is 13.2 Å². The summed E-state index contributed by atoms with van der Waals surface area (Å²) in [5.74, 6) is -7.48. The van der Waals surface area contributed by atoms with Crippen LogP contribution >= 0.6 is 0 Å². The summed E-state index contributed by atoms with van der Waals surface area (Å²) in [4.78, 5) is 37.3. The molecule has 200 valence electrons. The van der Waals surface area contributed by atoms with Crippen LogP contribution < -0.4 is 20.7 Å². The minimum atomic E-state index is -3.92. The molecular weight excluding hydrogens is 489 g/mol. The summed E-state index contributed by atoms with van der Waals surface area (Å²) in [6.45, 7) is 0.205. The fourth-order valence-corrected chi connectivity index (χ4v) is 3.60. The van der Waals surface area contributed by atoms with Crippen LogP contribution in [0.15, 0.2) is 24.3 Å². The molecule has 2 aliphatic rings. The van der Waals surface area contributed by atoms with Gasteiger partial charge in [-0.3, -0.25) is 19.7 Å². The third-order valence-corrected chi connectivity index (χ3v) is 5.92. The lowest BCUT2D eigenvalue weighted by atomic mass is 10.0. The smallest absolute Gasteiger partial charge is 0.410 e. The molecule has 0 aromatic heterocycles. The predicted molar refractivity (Wildman–Crippen MR) is 119 cm³/mol. The molecule has 2 fully saturated rings. The standard InChI is InChI=1S/C24H30F5N3O4/c1-2-18(20(33)22(35)31-16-7-8-16)32-21(34)19(12-23(26,27)11-14-3-4-14)30-13-24(28,29)36-17-9-5-15(25)6-10-17/h5-6,9-10,14,16,18-19,30H,2-4,7-8,11-13H2,1H3,(H,31,35)(H,32,34). The van der Waals surface area contributed by atoms with E-state index < -0.39 is 66.9 Å². The molecule has 7 nitrogen and oxygen atoms in total. The zero-order valence-electron chi connectivity index (χ0n) is 19.8. The van der Waals surface area contributed by atoms with Crippen molar-refractivity contribution in [2.75, 3.05) is 6.54 Å². The normalized spacial score (nSPS) is 17.7. The van der Waals surface area contributed by atoms with Crippen molar-refractivity contribution < 1.29 is 41.1 Å². The fourth-order valence-electron chi connectivity index (χ4n) is 3.60. The van der Waals surface area contributed by atoms with Gasteiger partial charge in [0.05, 0.1) is 12.1 Å². The molecule has 12 heteroatoms. The summed E-state index contributed by atoms with van der Waals surface area (Å²) in [6.07, 6.45) is -2.76. The Morgan fingerprint density at radius 2 is 1.67 bits per heavy atom. The monoisotopic (exact) mass is 519 g/mol. The first kappa shape index (κ1) is 27.8. The van der Waals surface area contributed by atoms with E-state index in [-0.39, 0.29) is 24.1 Å². The molecule has 3 rings (SSSR count). The molecule has 1 aromatic carbocycles. The van der Waals surface area contributed by atoms with E-state index in [1.807, 2.05) is 0 Å². The van der Waals surface area contributed by atoms with Gasteiger partial charge in [-0.15, -0.1) is 0 Å². The molecule has 36 heavy (non-hydrogen) atoms. The van der Waals surface area contributed by atoms with E-state index in [1.165, 1.54) is 6.92 Å². The van der Waals surface area contributed by atoms with Crippen LogP contribution in [0.4, 0.5) is 22.0 Å². The Labute approximate surface area is 205 Å². The quantitative estimate of drug-likeness (QED) is 0.244. The van der Waals surface area contributed by atoms with Crippen molar-refractivity contribution in [3.8, 4) is 5.75 Å². The third kappa shape index (κ3) is 9.03. The lowest BCUT2D eigenvalue weighted by Crippen LogP contribution is -2.55. The van der Waals surface area contributed by atoms with Crippen LogP contribution in [0.1, 0.15) is 51.9 Å². The number of halogens is 5. The molecule has 0 aliphatic heterocycles. The van der Waals surface area contributed by atoms with Gasteiger partial charge < -0.3 is 15.4 Å². The first-order valence-electron chi connectivity index (χ1n) is 12.0. The molecule has 2 unspecified atom stereocenters. The second-order valence-electron chi connectivity index (χ2n) is 9.42. The topological polar surface area (TPSA) is 96.5 Å². The van der Waals surface area contributed by atoms with Crippen LogP contribution in [0.5, 0.6) is 5.75 Å². The highest BCUT2D eigenvalue weighted by Crippen LogP contribution is 2.41. The number of carbonyl (C=O) groups is 3. The maximum atomic E-state index is 14.6. The number of hydrogen-bond acceptors (Lipinski definition) is 5.